The number of aryl methyl sites for hydroxylation is 2. The molecule has 2 aromatic carbocycles. The molecular formula is C19H23N3O4S. The van der Waals surface area contributed by atoms with E-state index in [2.05, 4.69) is 10.5 Å². The van der Waals surface area contributed by atoms with Crippen molar-refractivity contribution in [3.8, 4) is 5.75 Å². The van der Waals surface area contributed by atoms with Gasteiger partial charge in [-0.15, -0.1) is 0 Å². The van der Waals surface area contributed by atoms with Crippen LogP contribution in [0.1, 0.15) is 23.6 Å². The minimum Gasteiger partial charge on any atom is -0.507 e. The number of nitrogens with zero attached hydrogens (tertiary/aromatic N) is 2. The number of phenolic OH excluding ortho intramolecular Hbond substituents is 1. The Morgan fingerprint density at radius 1 is 1.15 bits per heavy atom. The van der Waals surface area contributed by atoms with Crippen LogP contribution in [0.2, 0.25) is 0 Å². The van der Waals surface area contributed by atoms with Crippen molar-refractivity contribution in [1.82, 2.24) is 5.43 Å². The lowest BCUT2D eigenvalue weighted by atomic mass is 10.1. The van der Waals surface area contributed by atoms with Crippen molar-refractivity contribution in [3.63, 3.8) is 0 Å². The number of hydrogen-bond donors (Lipinski definition) is 2. The van der Waals surface area contributed by atoms with Crippen LogP contribution < -0.4 is 9.73 Å². The van der Waals surface area contributed by atoms with Crippen LogP contribution in [-0.2, 0) is 14.8 Å². The Bertz CT molecular complexity index is 964. The van der Waals surface area contributed by atoms with Gasteiger partial charge in [0.1, 0.15) is 12.3 Å². The van der Waals surface area contributed by atoms with Crippen molar-refractivity contribution >= 4 is 27.3 Å². The summed E-state index contributed by atoms with van der Waals surface area (Å²) in [7, 11) is -3.66. The van der Waals surface area contributed by atoms with Gasteiger partial charge in [-0.1, -0.05) is 18.2 Å². The summed E-state index contributed by atoms with van der Waals surface area (Å²) in [6.45, 7) is 4.95. The molecule has 144 valence electrons. The predicted octanol–water partition coefficient (Wildman–Crippen LogP) is 2.32. The first-order valence-corrected chi connectivity index (χ1v) is 10.1. The Balaban J connectivity index is 2.20. The van der Waals surface area contributed by atoms with Crippen LogP contribution in [0.15, 0.2) is 47.6 Å². The summed E-state index contributed by atoms with van der Waals surface area (Å²) in [5.74, 6) is -0.546. The smallest absolute Gasteiger partial charge is 0.260 e. The first kappa shape index (κ1) is 20.4. The highest BCUT2D eigenvalue weighted by Gasteiger charge is 2.21. The largest absolute Gasteiger partial charge is 0.507 e. The fourth-order valence-corrected chi connectivity index (χ4v) is 3.49. The van der Waals surface area contributed by atoms with Gasteiger partial charge in [-0.25, -0.2) is 13.8 Å². The molecule has 0 unspecified atom stereocenters. The van der Waals surface area contributed by atoms with Crippen molar-refractivity contribution in [3.05, 3.63) is 59.2 Å². The predicted molar refractivity (Wildman–Crippen MR) is 107 cm³/mol. The molecule has 0 radical (unpaired) electrons. The van der Waals surface area contributed by atoms with Gasteiger partial charge in [-0.2, -0.15) is 5.10 Å². The maximum atomic E-state index is 12.3. The van der Waals surface area contributed by atoms with Crippen LogP contribution in [0.5, 0.6) is 5.75 Å². The van der Waals surface area contributed by atoms with E-state index in [0.717, 1.165) is 21.7 Å². The van der Waals surface area contributed by atoms with E-state index in [0.29, 0.717) is 17.0 Å². The SMILES string of the molecule is C/C(=N/NC(=O)CN(c1cc(C)cc(C)c1)S(C)(=O)=O)c1ccccc1O. The number of hydrazone groups is 1. The molecule has 0 aromatic heterocycles. The van der Waals surface area contributed by atoms with E-state index >= 15 is 0 Å². The van der Waals surface area contributed by atoms with Gasteiger partial charge in [0.15, 0.2) is 0 Å². The maximum Gasteiger partial charge on any atom is 0.260 e. The van der Waals surface area contributed by atoms with E-state index < -0.39 is 22.5 Å². The van der Waals surface area contributed by atoms with Crippen molar-refractivity contribution in [1.29, 1.82) is 0 Å². The number of anilines is 1. The number of rotatable bonds is 6. The molecule has 7 nitrogen and oxygen atoms in total. The third kappa shape index (κ3) is 5.55. The minimum absolute atomic E-state index is 0.0426. The number of carbonyl (C=O) groups excluding carboxylic acids is 1. The summed E-state index contributed by atoms with van der Waals surface area (Å²) in [6, 6.07) is 11.9. The average molecular weight is 389 g/mol. The molecule has 0 atom stereocenters. The van der Waals surface area contributed by atoms with Gasteiger partial charge < -0.3 is 5.11 Å². The molecule has 0 aliphatic carbocycles. The average Bonchev–Trinajstić information content (AvgIpc) is 2.56. The molecule has 2 rings (SSSR count). The Hall–Kier alpha value is -2.87. The second-order valence-electron chi connectivity index (χ2n) is 6.36. The zero-order chi connectivity index (χ0) is 20.2. The van der Waals surface area contributed by atoms with E-state index in [-0.39, 0.29) is 5.75 Å². The highest BCUT2D eigenvalue weighted by atomic mass is 32.2. The molecule has 0 bridgehead atoms. The first-order chi connectivity index (χ1) is 12.6. The van der Waals surface area contributed by atoms with E-state index in [1.807, 2.05) is 19.9 Å². The van der Waals surface area contributed by atoms with Gasteiger partial charge in [0.2, 0.25) is 10.0 Å². The normalized spacial score (nSPS) is 11.9. The molecule has 0 aliphatic rings. The number of amides is 1. The lowest BCUT2D eigenvalue weighted by Crippen LogP contribution is -2.39. The van der Waals surface area contributed by atoms with E-state index in [1.165, 1.54) is 6.07 Å². The van der Waals surface area contributed by atoms with Gasteiger partial charge >= 0.3 is 0 Å². The summed E-state index contributed by atoms with van der Waals surface area (Å²) in [4.78, 5) is 12.3. The Labute approximate surface area is 159 Å². The molecular weight excluding hydrogens is 366 g/mol. The molecule has 8 heteroatoms. The molecule has 27 heavy (non-hydrogen) atoms. The number of nitrogens with one attached hydrogen (secondary N) is 1. The molecule has 1 amide bonds. The lowest BCUT2D eigenvalue weighted by Gasteiger charge is -2.22. The highest BCUT2D eigenvalue weighted by molar-refractivity contribution is 7.92. The molecule has 0 aliphatic heterocycles. The molecule has 0 saturated carbocycles. The second-order valence-corrected chi connectivity index (χ2v) is 8.27. The molecule has 0 spiro atoms. The number of aromatic hydroxyl groups is 1. The topological polar surface area (TPSA) is 99.1 Å². The summed E-state index contributed by atoms with van der Waals surface area (Å²) in [6.07, 6.45) is 1.05. The van der Waals surface area contributed by atoms with Gasteiger partial charge in [-0.05, 0) is 56.2 Å². The number of para-hydroxylation sites is 1. The number of phenols is 1. The number of sulfonamides is 1. The van der Waals surface area contributed by atoms with Crippen molar-refractivity contribution in [2.24, 2.45) is 5.10 Å². The third-order valence-corrected chi connectivity index (χ3v) is 4.96. The fourth-order valence-electron chi connectivity index (χ4n) is 2.65. The molecule has 2 aromatic rings. The zero-order valence-corrected chi connectivity index (χ0v) is 16.5. The Kier molecular flexibility index (Phi) is 6.22. The molecule has 0 saturated heterocycles. The lowest BCUT2D eigenvalue weighted by molar-refractivity contribution is -0.119. The second kappa shape index (κ2) is 8.22. The Morgan fingerprint density at radius 2 is 1.74 bits per heavy atom. The summed E-state index contributed by atoms with van der Waals surface area (Å²) in [5.41, 5.74) is 5.44. The maximum absolute atomic E-state index is 12.3. The zero-order valence-electron chi connectivity index (χ0n) is 15.7. The number of hydrogen-bond acceptors (Lipinski definition) is 5. The summed E-state index contributed by atoms with van der Waals surface area (Å²) in [5, 5.41) is 13.8. The van der Waals surface area contributed by atoms with E-state index in [9.17, 15) is 18.3 Å². The first-order valence-electron chi connectivity index (χ1n) is 8.25. The number of carbonyl (C=O) groups is 1. The van der Waals surface area contributed by atoms with Gasteiger partial charge in [0, 0.05) is 5.56 Å². The monoisotopic (exact) mass is 389 g/mol. The molecule has 0 heterocycles. The number of benzene rings is 2. The van der Waals surface area contributed by atoms with Crippen molar-refractivity contribution in [2.45, 2.75) is 20.8 Å². The van der Waals surface area contributed by atoms with Crippen LogP contribution in [0, 0.1) is 13.8 Å². The quantitative estimate of drug-likeness (QED) is 0.585. The summed E-state index contributed by atoms with van der Waals surface area (Å²) >= 11 is 0. The van der Waals surface area contributed by atoms with Crippen LogP contribution in [0.4, 0.5) is 5.69 Å². The van der Waals surface area contributed by atoms with Crippen LogP contribution in [0.3, 0.4) is 0 Å². The van der Waals surface area contributed by atoms with Gasteiger partial charge in [-0.3, -0.25) is 9.10 Å². The van der Waals surface area contributed by atoms with Crippen LogP contribution in [0.25, 0.3) is 0 Å². The standard InChI is InChI=1S/C19H23N3O4S/c1-13-9-14(2)11-16(10-13)22(27(4,25)26)12-19(24)21-20-15(3)17-7-5-6-8-18(17)23/h5-11,23H,12H2,1-4H3,(H,21,24)/b20-15-. The van der Waals surface area contributed by atoms with Crippen LogP contribution in [-0.4, -0.2) is 37.9 Å². The van der Waals surface area contributed by atoms with Gasteiger partial charge in [0.25, 0.3) is 5.91 Å². The van der Waals surface area contributed by atoms with Crippen molar-refractivity contribution in [2.75, 3.05) is 17.1 Å². The third-order valence-electron chi connectivity index (χ3n) is 3.82. The fraction of sp³-hybridized carbons (Fsp3) is 0.263. The highest BCUT2D eigenvalue weighted by Crippen LogP contribution is 2.21. The van der Waals surface area contributed by atoms with E-state index in [4.69, 9.17) is 0 Å². The Morgan fingerprint density at radius 3 is 2.30 bits per heavy atom. The van der Waals surface area contributed by atoms with Gasteiger partial charge in [0.05, 0.1) is 17.7 Å². The van der Waals surface area contributed by atoms with Crippen LogP contribution >= 0.6 is 0 Å². The van der Waals surface area contributed by atoms with Crippen molar-refractivity contribution < 1.29 is 18.3 Å². The summed E-state index contributed by atoms with van der Waals surface area (Å²) < 4.78 is 25.4. The van der Waals surface area contributed by atoms with E-state index in [1.54, 1.807) is 37.3 Å². The molecule has 0 fully saturated rings. The minimum atomic E-state index is -3.66. The molecule has 2 N–H and O–H groups in total.